The van der Waals surface area contributed by atoms with E-state index in [0.717, 1.165) is 0 Å². The summed E-state index contributed by atoms with van der Waals surface area (Å²) in [5, 5.41) is 9.39. The van der Waals surface area contributed by atoms with E-state index in [2.05, 4.69) is 13.8 Å². The predicted molar refractivity (Wildman–Crippen MR) is 68.9 cm³/mol. The molecule has 1 amide bonds. The molecule has 0 saturated heterocycles. The maximum Gasteiger partial charge on any atom is 0.256 e. The van der Waals surface area contributed by atoms with E-state index >= 15 is 0 Å². The summed E-state index contributed by atoms with van der Waals surface area (Å²) in [4.78, 5) is 13.8. The Kier molecular flexibility index (Phi) is 3.99. The number of aromatic hydroxyl groups is 1. The highest BCUT2D eigenvalue weighted by Crippen LogP contribution is 2.21. The monoisotopic (exact) mass is 236 g/mol. The van der Waals surface area contributed by atoms with E-state index in [0.29, 0.717) is 17.2 Å². The number of hydrogen-bond acceptors (Lipinski definition) is 3. The van der Waals surface area contributed by atoms with Gasteiger partial charge in [0.05, 0.1) is 5.56 Å². The van der Waals surface area contributed by atoms with Crippen LogP contribution in [0.3, 0.4) is 0 Å². The fraction of sp³-hybridized carbons (Fsp3) is 0.462. The Morgan fingerprint density at radius 1 is 1.35 bits per heavy atom. The van der Waals surface area contributed by atoms with Gasteiger partial charge in [-0.05, 0) is 31.0 Å². The van der Waals surface area contributed by atoms with Crippen LogP contribution in [0.15, 0.2) is 18.2 Å². The molecule has 0 aliphatic heterocycles. The van der Waals surface area contributed by atoms with Gasteiger partial charge in [0, 0.05) is 18.8 Å². The molecule has 94 valence electrons. The number of carbonyl (C=O) groups is 1. The summed E-state index contributed by atoms with van der Waals surface area (Å²) in [6.07, 6.45) is 0. The Bertz CT molecular complexity index is 416. The Morgan fingerprint density at radius 3 is 2.47 bits per heavy atom. The zero-order valence-corrected chi connectivity index (χ0v) is 10.8. The molecule has 0 radical (unpaired) electrons. The van der Waals surface area contributed by atoms with Crippen molar-refractivity contribution in [1.29, 1.82) is 0 Å². The molecule has 0 fully saturated rings. The lowest BCUT2D eigenvalue weighted by molar-refractivity contribution is 0.0708. The van der Waals surface area contributed by atoms with Crippen molar-refractivity contribution in [1.82, 2.24) is 4.90 Å². The minimum absolute atomic E-state index is 0.0492. The lowest BCUT2D eigenvalue weighted by Gasteiger charge is -2.28. The average Bonchev–Trinajstić information content (AvgIpc) is 2.29. The first kappa shape index (κ1) is 13.4. The maximum absolute atomic E-state index is 12.2. The number of nitrogens with zero attached hydrogens (tertiary/aromatic N) is 1. The molecular formula is C13H20N2O2. The zero-order valence-electron chi connectivity index (χ0n) is 10.8. The summed E-state index contributed by atoms with van der Waals surface area (Å²) in [5.74, 6) is 0.246. The number of hydrogen-bond donors (Lipinski definition) is 2. The van der Waals surface area contributed by atoms with Crippen molar-refractivity contribution < 1.29 is 9.90 Å². The summed E-state index contributed by atoms with van der Waals surface area (Å²) in [6.45, 7) is 6.10. The summed E-state index contributed by atoms with van der Waals surface area (Å²) in [6, 6.07) is 4.53. The largest absolute Gasteiger partial charge is 0.508 e. The van der Waals surface area contributed by atoms with Gasteiger partial charge in [0.15, 0.2) is 0 Å². The Morgan fingerprint density at radius 2 is 1.94 bits per heavy atom. The van der Waals surface area contributed by atoms with Gasteiger partial charge in [0.25, 0.3) is 5.91 Å². The number of carbonyl (C=O) groups excluding carboxylic acids is 1. The molecular weight excluding hydrogens is 216 g/mol. The molecule has 1 atom stereocenters. The SMILES string of the molecule is CC(C)C(C)N(C)C(=O)c1cc(O)ccc1N. The van der Waals surface area contributed by atoms with Crippen LogP contribution in [0.2, 0.25) is 0 Å². The highest BCUT2D eigenvalue weighted by Gasteiger charge is 2.21. The number of rotatable bonds is 3. The summed E-state index contributed by atoms with van der Waals surface area (Å²) in [5.41, 5.74) is 6.48. The van der Waals surface area contributed by atoms with Crippen LogP contribution < -0.4 is 5.73 Å². The molecule has 0 heterocycles. The Hall–Kier alpha value is -1.71. The van der Waals surface area contributed by atoms with Crippen molar-refractivity contribution >= 4 is 11.6 Å². The fourth-order valence-electron chi connectivity index (χ4n) is 1.55. The van der Waals surface area contributed by atoms with Crippen molar-refractivity contribution in [3.05, 3.63) is 23.8 Å². The standard InChI is InChI=1S/C13H20N2O2/c1-8(2)9(3)15(4)13(17)11-7-10(16)5-6-12(11)14/h5-9,16H,14H2,1-4H3. The van der Waals surface area contributed by atoms with E-state index in [4.69, 9.17) is 5.73 Å². The van der Waals surface area contributed by atoms with Gasteiger partial charge in [0.1, 0.15) is 5.75 Å². The molecule has 1 rings (SSSR count). The molecule has 17 heavy (non-hydrogen) atoms. The van der Waals surface area contributed by atoms with E-state index in [9.17, 15) is 9.90 Å². The van der Waals surface area contributed by atoms with Crippen molar-refractivity contribution in [2.45, 2.75) is 26.8 Å². The molecule has 4 nitrogen and oxygen atoms in total. The highest BCUT2D eigenvalue weighted by atomic mass is 16.3. The van der Waals surface area contributed by atoms with Gasteiger partial charge in [-0.25, -0.2) is 0 Å². The maximum atomic E-state index is 12.2. The second-order valence-electron chi connectivity index (χ2n) is 4.67. The van der Waals surface area contributed by atoms with Crippen LogP contribution in [0.25, 0.3) is 0 Å². The van der Waals surface area contributed by atoms with E-state index in [1.54, 1.807) is 11.9 Å². The number of nitrogen functional groups attached to an aromatic ring is 1. The molecule has 0 aromatic heterocycles. The first-order chi connectivity index (χ1) is 7.84. The molecule has 1 aromatic rings. The fourth-order valence-corrected chi connectivity index (χ4v) is 1.55. The topological polar surface area (TPSA) is 66.6 Å². The van der Waals surface area contributed by atoms with Crippen molar-refractivity contribution in [2.75, 3.05) is 12.8 Å². The van der Waals surface area contributed by atoms with Crippen LogP contribution in [0.4, 0.5) is 5.69 Å². The normalized spacial score (nSPS) is 12.5. The van der Waals surface area contributed by atoms with Gasteiger partial charge in [-0.2, -0.15) is 0 Å². The third kappa shape index (κ3) is 2.90. The second kappa shape index (κ2) is 5.08. The van der Waals surface area contributed by atoms with E-state index in [1.807, 2.05) is 6.92 Å². The van der Waals surface area contributed by atoms with Crippen LogP contribution in [0.1, 0.15) is 31.1 Å². The lowest BCUT2D eigenvalue weighted by Crippen LogP contribution is -2.38. The van der Waals surface area contributed by atoms with Crippen LogP contribution in [-0.4, -0.2) is 29.0 Å². The van der Waals surface area contributed by atoms with Gasteiger partial charge in [-0.15, -0.1) is 0 Å². The molecule has 3 N–H and O–H groups in total. The minimum atomic E-state index is -0.167. The molecule has 0 spiro atoms. The molecule has 0 saturated carbocycles. The van der Waals surface area contributed by atoms with E-state index < -0.39 is 0 Å². The highest BCUT2D eigenvalue weighted by molar-refractivity contribution is 5.99. The first-order valence-electron chi connectivity index (χ1n) is 5.70. The number of amides is 1. The Balaban J connectivity index is 3.00. The summed E-state index contributed by atoms with van der Waals surface area (Å²) >= 11 is 0. The van der Waals surface area contributed by atoms with Crippen LogP contribution >= 0.6 is 0 Å². The molecule has 1 aromatic carbocycles. The molecule has 0 aliphatic rings. The van der Waals surface area contributed by atoms with Gasteiger partial charge >= 0.3 is 0 Å². The van der Waals surface area contributed by atoms with Gasteiger partial charge in [-0.3, -0.25) is 4.79 Å². The molecule has 0 aliphatic carbocycles. The smallest absolute Gasteiger partial charge is 0.256 e. The second-order valence-corrected chi connectivity index (χ2v) is 4.67. The molecule has 4 heteroatoms. The average molecular weight is 236 g/mol. The zero-order chi connectivity index (χ0) is 13.2. The van der Waals surface area contributed by atoms with Gasteiger partial charge in [-0.1, -0.05) is 13.8 Å². The first-order valence-corrected chi connectivity index (χ1v) is 5.70. The van der Waals surface area contributed by atoms with Crippen molar-refractivity contribution in [2.24, 2.45) is 5.92 Å². The predicted octanol–water partition coefficient (Wildman–Crippen LogP) is 2.09. The quantitative estimate of drug-likeness (QED) is 0.624. The molecule has 0 bridgehead atoms. The minimum Gasteiger partial charge on any atom is -0.508 e. The third-order valence-corrected chi connectivity index (χ3v) is 3.16. The van der Waals surface area contributed by atoms with Crippen LogP contribution in [0, 0.1) is 5.92 Å². The van der Waals surface area contributed by atoms with Gasteiger partial charge in [0.2, 0.25) is 0 Å². The van der Waals surface area contributed by atoms with Gasteiger partial charge < -0.3 is 15.7 Å². The molecule has 1 unspecified atom stereocenters. The summed E-state index contributed by atoms with van der Waals surface area (Å²) in [7, 11) is 1.75. The van der Waals surface area contributed by atoms with Crippen LogP contribution in [-0.2, 0) is 0 Å². The lowest BCUT2D eigenvalue weighted by atomic mass is 10.0. The number of benzene rings is 1. The van der Waals surface area contributed by atoms with E-state index in [-0.39, 0.29) is 17.7 Å². The van der Waals surface area contributed by atoms with E-state index in [1.165, 1.54) is 18.2 Å². The van der Waals surface area contributed by atoms with Crippen molar-refractivity contribution in [3.8, 4) is 5.75 Å². The number of phenols is 1. The summed E-state index contributed by atoms with van der Waals surface area (Å²) < 4.78 is 0. The van der Waals surface area contributed by atoms with Crippen LogP contribution in [0.5, 0.6) is 5.75 Å². The third-order valence-electron chi connectivity index (χ3n) is 3.16. The Labute approximate surface area is 102 Å². The number of anilines is 1. The number of nitrogens with two attached hydrogens (primary N) is 1. The van der Waals surface area contributed by atoms with Crippen molar-refractivity contribution in [3.63, 3.8) is 0 Å². The number of phenolic OH excluding ortho intramolecular Hbond substituents is 1.